The molecule has 0 saturated carbocycles. The van der Waals surface area contributed by atoms with Crippen LogP contribution >= 0.6 is 22.9 Å². The molecule has 1 aromatic carbocycles. The van der Waals surface area contributed by atoms with E-state index in [0.717, 1.165) is 36.1 Å². The van der Waals surface area contributed by atoms with Gasteiger partial charge in [-0.2, -0.15) is 0 Å². The van der Waals surface area contributed by atoms with E-state index in [-0.39, 0.29) is 30.5 Å². The highest BCUT2D eigenvalue weighted by atomic mass is 35.5. The van der Waals surface area contributed by atoms with Gasteiger partial charge in [-0.3, -0.25) is 19.0 Å². The molecule has 1 aliphatic carbocycles. The van der Waals surface area contributed by atoms with Gasteiger partial charge in [0.2, 0.25) is 11.8 Å². The smallest absolute Gasteiger partial charge is 0.262 e. The summed E-state index contributed by atoms with van der Waals surface area (Å²) < 4.78 is 1.33. The molecular formula is C21H21ClN4O3S. The van der Waals surface area contributed by atoms with E-state index in [1.807, 2.05) is 0 Å². The van der Waals surface area contributed by atoms with Crippen LogP contribution in [0.4, 0.5) is 5.69 Å². The SMILES string of the molecule is CN(CC(=O)Nc1ccccc1Cl)C(=O)Cn1cnc2sc3c(c2c1=O)CCCC3. The first-order chi connectivity index (χ1) is 14.4. The number of carbonyl (C=O) groups is 2. The number of thiophene rings is 1. The van der Waals surface area contributed by atoms with Crippen LogP contribution in [0.25, 0.3) is 10.2 Å². The number of likely N-dealkylation sites (N-methyl/N-ethyl adjacent to an activating group) is 1. The molecule has 3 aromatic rings. The third kappa shape index (κ3) is 4.11. The fourth-order valence-electron chi connectivity index (χ4n) is 3.62. The van der Waals surface area contributed by atoms with Crippen molar-refractivity contribution in [3.8, 4) is 0 Å². The molecule has 4 rings (SSSR count). The zero-order valence-electron chi connectivity index (χ0n) is 16.5. The minimum absolute atomic E-state index is 0.150. The Morgan fingerprint density at radius 3 is 2.83 bits per heavy atom. The molecule has 0 atom stereocenters. The second-order valence-electron chi connectivity index (χ2n) is 7.35. The average Bonchev–Trinajstić information content (AvgIpc) is 3.11. The topological polar surface area (TPSA) is 84.3 Å². The van der Waals surface area contributed by atoms with Crippen LogP contribution in [-0.4, -0.2) is 39.9 Å². The fraction of sp³-hybridized carbons (Fsp3) is 0.333. The van der Waals surface area contributed by atoms with E-state index in [2.05, 4.69) is 10.3 Å². The van der Waals surface area contributed by atoms with Crippen molar-refractivity contribution in [1.29, 1.82) is 0 Å². The van der Waals surface area contributed by atoms with Crippen molar-refractivity contribution >= 4 is 50.7 Å². The molecule has 9 heteroatoms. The molecule has 156 valence electrons. The summed E-state index contributed by atoms with van der Waals surface area (Å²) in [6.45, 7) is -0.315. The maximum Gasteiger partial charge on any atom is 0.262 e. The Balaban J connectivity index is 1.46. The molecule has 0 spiro atoms. The lowest BCUT2D eigenvalue weighted by atomic mass is 9.97. The number of halogens is 1. The second-order valence-corrected chi connectivity index (χ2v) is 8.84. The van der Waals surface area contributed by atoms with Crippen molar-refractivity contribution < 1.29 is 9.59 Å². The second kappa shape index (κ2) is 8.57. The first-order valence-corrected chi connectivity index (χ1v) is 10.9. The number of carbonyl (C=O) groups excluding carboxylic acids is 2. The summed E-state index contributed by atoms with van der Waals surface area (Å²) in [6.07, 6.45) is 5.48. The van der Waals surface area contributed by atoms with Crippen LogP contribution in [0.3, 0.4) is 0 Å². The number of aromatic nitrogens is 2. The fourth-order valence-corrected chi connectivity index (χ4v) is 5.02. The predicted molar refractivity (Wildman–Crippen MR) is 118 cm³/mol. The number of nitrogens with zero attached hydrogens (tertiary/aromatic N) is 3. The highest BCUT2D eigenvalue weighted by Gasteiger charge is 2.21. The van der Waals surface area contributed by atoms with Gasteiger partial charge in [-0.05, 0) is 43.4 Å². The van der Waals surface area contributed by atoms with Gasteiger partial charge in [0, 0.05) is 11.9 Å². The molecule has 0 saturated heterocycles. The number of nitrogens with one attached hydrogen (secondary N) is 1. The molecule has 2 aromatic heterocycles. The Bertz CT molecular complexity index is 1190. The van der Waals surface area contributed by atoms with Gasteiger partial charge in [-0.15, -0.1) is 11.3 Å². The summed E-state index contributed by atoms with van der Waals surface area (Å²) in [5.41, 5.74) is 1.38. The third-order valence-electron chi connectivity index (χ3n) is 5.20. The lowest BCUT2D eigenvalue weighted by molar-refractivity contribution is -0.133. The van der Waals surface area contributed by atoms with Gasteiger partial charge in [0.15, 0.2) is 0 Å². The summed E-state index contributed by atoms with van der Waals surface area (Å²) in [4.78, 5) is 45.5. The summed E-state index contributed by atoms with van der Waals surface area (Å²) >= 11 is 7.62. The Morgan fingerprint density at radius 1 is 1.27 bits per heavy atom. The Morgan fingerprint density at radius 2 is 2.03 bits per heavy atom. The van der Waals surface area contributed by atoms with E-state index in [1.165, 1.54) is 27.7 Å². The van der Waals surface area contributed by atoms with E-state index in [0.29, 0.717) is 16.1 Å². The van der Waals surface area contributed by atoms with E-state index >= 15 is 0 Å². The number of fused-ring (bicyclic) bond motifs is 3. The quantitative estimate of drug-likeness (QED) is 0.655. The molecule has 30 heavy (non-hydrogen) atoms. The maximum absolute atomic E-state index is 13.0. The molecule has 1 aliphatic rings. The van der Waals surface area contributed by atoms with Gasteiger partial charge in [0.1, 0.15) is 11.4 Å². The Kier molecular flexibility index (Phi) is 5.87. The number of anilines is 1. The number of hydrogen-bond acceptors (Lipinski definition) is 5. The first kappa shape index (κ1) is 20.6. The largest absolute Gasteiger partial charge is 0.335 e. The minimum Gasteiger partial charge on any atom is -0.335 e. The third-order valence-corrected chi connectivity index (χ3v) is 6.73. The van der Waals surface area contributed by atoms with Gasteiger partial charge in [0.25, 0.3) is 5.56 Å². The van der Waals surface area contributed by atoms with Crippen LogP contribution in [0.5, 0.6) is 0 Å². The molecule has 1 N–H and O–H groups in total. The van der Waals surface area contributed by atoms with E-state index in [9.17, 15) is 14.4 Å². The molecule has 2 amide bonds. The molecule has 0 fully saturated rings. The van der Waals surface area contributed by atoms with Gasteiger partial charge in [-0.1, -0.05) is 23.7 Å². The number of rotatable bonds is 5. The normalized spacial score (nSPS) is 13.1. The molecule has 0 unspecified atom stereocenters. The van der Waals surface area contributed by atoms with Crippen LogP contribution in [0, 0.1) is 0 Å². The lowest BCUT2D eigenvalue weighted by Crippen LogP contribution is -2.38. The standard InChI is InChI=1S/C21H21ClN4O3S/c1-25(10-17(27)24-15-8-4-3-7-14(15)22)18(28)11-26-12-23-20-19(21(26)29)13-6-2-5-9-16(13)30-20/h3-4,7-8,12H,2,5-6,9-11H2,1H3,(H,24,27). The number of benzene rings is 1. The van der Waals surface area contributed by atoms with Crippen LogP contribution < -0.4 is 10.9 Å². The molecular weight excluding hydrogens is 424 g/mol. The Labute approximate surface area is 182 Å². The predicted octanol–water partition coefficient (Wildman–Crippen LogP) is 3.09. The van der Waals surface area contributed by atoms with Gasteiger partial charge < -0.3 is 10.2 Å². The lowest BCUT2D eigenvalue weighted by Gasteiger charge is -2.18. The minimum atomic E-state index is -0.369. The summed E-state index contributed by atoms with van der Waals surface area (Å²) in [7, 11) is 1.53. The van der Waals surface area contributed by atoms with Crippen LogP contribution in [0.2, 0.25) is 5.02 Å². The van der Waals surface area contributed by atoms with Crippen molar-refractivity contribution in [3.05, 3.63) is 56.4 Å². The van der Waals surface area contributed by atoms with Crippen molar-refractivity contribution in [2.75, 3.05) is 18.9 Å². The first-order valence-electron chi connectivity index (χ1n) is 9.72. The molecule has 7 nitrogen and oxygen atoms in total. The van der Waals surface area contributed by atoms with Crippen molar-refractivity contribution in [3.63, 3.8) is 0 Å². The number of para-hydroxylation sites is 1. The highest BCUT2D eigenvalue weighted by molar-refractivity contribution is 7.18. The number of aryl methyl sites for hydroxylation is 2. The molecule has 0 radical (unpaired) electrons. The average molecular weight is 445 g/mol. The van der Waals surface area contributed by atoms with Gasteiger partial charge in [-0.25, -0.2) is 4.98 Å². The Hall–Kier alpha value is -2.71. The summed E-state index contributed by atoms with van der Waals surface area (Å²) in [6, 6.07) is 6.88. The van der Waals surface area contributed by atoms with E-state index in [1.54, 1.807) is 35.6 Å². The van der Waals surface area contributed by atoms with Gasteiger partial charge in [0.05, 0.1) is 29.0 Å². The maximum atomic E-state index is 13.0. The van der Waals surface area contributed by atoms with Crippen molar-refractivity contribution in [2.45, 2.75) is 32.2 Å². The zero-order valence-corrected chi connectivity index (χ0v) is 18.1. The number of amides is 2. The molecule has 2 heterocycles. The van der Waals surface area contributed by atoms with Crippen molar-refractivity contribution in [2.24, 2.45) is 0 Å². The highest BCUT2D eigenvalue weighted by Crippen LogP contribution is 2.33. The molecule has 0 bridgehead atoms. The summed E-state index contributed by atoms with van der Waals surface area (Å²) in [5.74, 6) is -0.719. The van der Waals surface area contributed by atoms with E-state index in [4.69, 9.17) is 11.6 Å². The molecule has 0 aliphatic heterocycles. The van der Waals surface area contributed by atoms with Crippen molar-refractivity contribution in [1.82, 2.24) is 14.5 Å². The number of hydrogen-bond donors (Lipinski definition) is 1. The van der Waals surface area contributed by atoms with Crippen LogP contribution in [0.1, 0.15) is 23.3 Å². The van der Waals surface area contributed by atoms with Crippen LogP contribution in [0.15, 0.2) is 35.4 Å². The monoisotopic (exact) mass is 444 g/mol. The van der Waals surface area contributed by atoms with E-state index < -0.39 is 0 Å². The zero-order chi connectivity index (χ0) is 21.3. The summed E-state index contributed by atoms with van der Waals surface area (Å²) in [5, 5.41) is 3.75. The van der Waals surface area contributed by atoms with Gasteiger partial charge >= 0.3 is 0 Å². The van der Waals surface area contributed by atoms with Crippen LogP contribution in [-0.2, 0) is 29.0 Å².